The highest BCUT2D eigenvalue weighted by Gasteiger charge is 2.42. The van der Waals surface area contributed by atoms with Gasteiger partial charge in [-0.15, -0.1) is 0 Å². The Balaban J connectivity index is 2.32. The molecule has 1 fully saturated rings. The summed E-state index contributed by atoms with van der Waals surface area (Å²) in [4.78, 5) is 12.3. The number of hydrogen-bond donors (Lipinski definition) is 3. The summed E-state index contributed by atoms with van der Waals surface area (Å²) in [5, 5.41) is 9.28. The summed E-state index contributed by atoms with van der Waals surface area (Å²) in [7, 11) is -2.39. The van der Waals surface area contributed by atoms with Crippen LogP contribution in [0.3, 0.4) is 0 Å². The molecule has 3 N–H and O–H groups in total. The molecule has 0 bridgehead atoms. The van der Waals surface area contributed by atoms with Crippen LogP contribution in [0.2, 0.25) is 0 Å². The van der Waals surface area contributed by atoms with E-state index < -0.39 is 20.5 Å². The van der Waals surface area contributed by atoms with E-state index in [1.165, 1.54) is 33.7 Å². The molecule has 0 heterocycles. The molecule has 1 amide bonds. The van der Waals surface area contributed by atoms with Crippen LogP contribution in [0.4, 0.5) is 11.4 Å². The highest BCUT2D eigenvalue weighted by atomic mass is 32.2. The van der Waals surface area contributed by atoms with Gasteiger partial charge in [0.2, 0.25) is 5.91 Å². The van der Waals surface area contributed by atoms with Gasteiger partial charge in [0, 0.05) is 20.1 Å². The molecule has 7 heteroatoms. The van der Waals surface area contributed by atoms with E-state index in [0.717, 1.165) is 30.9 Å². The molecular weight excluding hydrogens is 374 g/mol. The summed E-state index contributed by atoms with van der Waals surface area (Å²) in [6.07, 6.45) is 3.44. The third kappa shape index (κ3) is 5.40. The fourth-order valence-corrected chi connectivity index (χ4v) is 4.31. The van der Waals surface area contributed by atoms with Crippen molar-refractivity contribution in [1.82, 2.24) is 5.32 Å². The number of sulfone groups is 1. The van der Waals surface area contributed by atoms with Crippen molar-refractivity contribution in [1.29, 1.82) is 0 Å². The van der Waals surface area contributed by atoms with E-state index >= 15 is 0 Å². The number of hydrogen-bond acceptors (Lipinski definition) is 5. The minimum atomic E-state index is -3.84. The van der Waals surface area contributed by atoms with Crippen molar-refractivity contribution in [3.8, 4) is 0 Å². The van der Waals surface area contributed by atoms with Crippen LogP contribution >= 0.6 is 0 Å². The van der Waals surface area contributed by atoms with Gasteiger partial charge < -0.3 is 16.0 Å². The highest BCUT2D eigenvalue weighted by molar-refractivity contribution is 7.93. The van der Waals surface area contributed by atoms with Gasteiger partial charge in [-0.05, 0) is 62.6 Å². The SMILES string of the molecule is CNC(=O)C(C)(C)S(=O)(=O)c1ccc(NCC2CC2)c(NCCC(C)(C)C)c1. The summed E-state index contributed by atoms with van der Waals surface area (Å²) in [6, 6.07) is 5.04. The molecule has 0 aliphatic heterocycles. The van der Waals surface area contributed by atoms with Crippen LogP contribution in [0.25, 0.3) is 0 Å². The maximum atomic E-state index is 13.1. The first-order valence-corrected chi connectivity index (χ1v) is 11.5. The average molecular weight is 410 g/mol. The maximum Gasteiger partial charge on any atom is 0.241 e. The fourth-order valence-electron chi connectivity index (χ4n) is 2.86. The summed E-state index contributed by atoms with van der Waals surface area (Å²) in [6.45, 7) is 11.0. The van der Waals surface area contributed by atoms with E-state index in [1.807, 2.05) is 0 Å². The monoisotopic (exact) mass is 409 g/mol. The predicted molar refractivity (Wildman–Crippen MR) is 116 cm³/mol. The van der Waals surface area contributed by atoms with Gasteiger partial charge in [-0.25, -0.2) is 8.42 Å². The van der Waals surface area contributed by atoms with Crippen LogP contribution in [0.5, 0.6) is 0 Å². The summed E-state index contributed by atoms with van der Waals surface area (Å²) < 4.78 is 24.7. The zero-order valence-corrected chi connectivity index (χ0v) is 18.8. The summed E-state index contributed by atoms with van der Waals surface area (Å²) in [5.74, 6) is 0.184. The molecule has 158 valence electrons. The van der Waals surface area contributed by atoms with Gasteiger partial charge in [-0.3, -0.25) is 4.79 Å². The van der Waals surface area contributed by atoms with Gasteiger partial charge in [0.25, 0.3) is 0 Å². The van der Waals surface area contributed by atoms with Crippen LogP contribution in [0, 0.1) is 11.3 Å². The number of nitrogens with one attached hydrogen (secondary N) is 3. The molecule has 1 aliphatic carbocycles. The molecule has 0 saturated heterocycles. The van der Waals surface area contributed by atoms with Crippen molar-refractivity contribution in [3.05, 3.63) is 18.2 Å². The molecular formula is C21H35N3O3S. The second-order valence-corrected chi connectivity index (χ2v) is 11.9. The lowest BCUT2D eigenvalue weighted by molar-refractivity contribution is -0.122. The molecule has 1 aromatic carbocycles. The molecule has 0 aromatic heterocycles. The predicted octanol–water partition coefficient (Wildman–Crippen LogP) is 3.65. The van der Waals surface area contributed by atoms with Gasteiger partial charge in [0.1, 0.15) is 4.75 Å². The Morgan fingerprint density at radius 2 is 1.71 bits per heavy atom. The quantitative estimate of drug-likeness (QED) is 0.579. The van der Waals surface area contributed by atoms with E-state index in [1.54, 1.807) is 18.2 Å². The van der Waals surface area contributed by atoms with Crippen molar-refractivity contribution in [2.45, 2.75) is 63.5 Å². The van der Waals surface area contributed by atoms with Crippen LogP contribution in [-0.2, 0) is 14.6 Å². The highest BCUT2D eigenvalue weighted by Crippen LogP contribution is 2.34. The summed E-state index contributed by atoms with van der Waals surface area (Å²) in [5.41, 5.74) is 1.84. The van der Waals surface area contributed by atoms with Crippen molar-refractivity contribution in [2.24, 2.45) is 11.3 Å². The third-order valence-corrected chi connectivity index (χ3v) is 7.62. The molecule has 28 heavy (non-hydrogen) atoms. The van der Waals surface area contributed by atoms with Crippen molar-refractivity contribution < 1.29 is 13.2 Å². The van der Waals surface area contributed by atoms with Crippen molar-refractivity contribution >= 4 is 27.1 Å². The second kappa shape index (κ2) is 8.31. The van der Waals surface area contributed by atoms with Crippen molar-refractivity contribution in [2.75, 3.05) is 30.8 Å². The molecule has 2 rings (SSSR count). The van der Waals surface area contributed by atoms with E-state index in [-0.39, 0.29) is 10.3 Å². The number of benzene rings is 1. The number of amides is 1. The summed E-state index contributed by atoms with van der Waals surface area (Å²) >= 11 is 0. The minimum Gasteiger partial charge on any atom is -0.383 e. The van der Waals surface area contributed by atoms with E-state index in [9.17, 15) is 13.2 Å². The molecule has 1 aromatic rings. The van der Waals surface area contributed by atoms with Gasteiger partial charge in [0.05, 0.1) is 16.3 Å². The second-order valence-electron chi connectivity index (χ2n) is 9.36. The van der Waals surface area contributed by atoms with Crippen LogP contribution in [0.1, 0.15) is 53.9 Å². The largest absolute Gasteiger partial charge is 0.383 e. The van der Waals surface area contributed by atoms with E-state index in [2.05, 4.69) is 36.7 Å². The fraction of sp³-hybridized carbons (Fsp3) is 0.667. The molecule has 1 saturated carbocycles. The third-order valence-electron chi connectivity index (χ3n) is 5.22. The molecule has 1 aliphatic rings. The Kier molecular flexibility index (Phi) is 6.69. The first-order valence-electron chi connectivity index (χ1n) is 9.97. The minimum absolute atomic E-state index is 0.149. The number of rotatable bonds is 9. The van der Waals surface area contributed by atoms with Gasteiger partial charge >= 0.3 is 0 Å². The molecule has 0 unspecified atom stereocenters. The van der Waals surface area contributed by atoms with Crippen LogP contribution in [0.15, 0.2) is 23.1 Å². The Morgan fingerprint density at radius 1 is 1.07 bits per heavy atom. The molecule has 6 nitrogen and oxygen atoms in total. The Morgan fingerprint density at radius 3 is 2.25 bits per heavy atom. The zero-order chi connectivity index (χ0) is 21.2. The first kappa shape index (κ1) is 22.5. The lowest BCUT2D eigenvalue weighted by Gasteiger charge is -2.24. The lowest BCUT2D eigenvalue weighted by atomic mass is 9.92. The lowest BCUT2D eigenvalue weighted by Crippen LogP contribution is -2.46. The Labute approximate surface area is 169 Å². The van der Waals surface area contributed by atoms with E-state index in [0.29, 0.717) is 5.92 Å². The Hall–Kier alpha value is -1.76. The molecule has 0 spiro atoms. The Bertz CT molecular complexity index is 807. The normalized spacial score (nSPS) is 15.2. The van der Waals surface area contributed by atoms with Gasteiger partial charge in [-0.1, -0.05) is 20.8 Å². The van der Waals surface area contributed by atoms with Crippen LogP contribution < -0.4 is 16.0 Å². The van der Waals surface area contributed by atoms with Crippen LogP contribution in [-0.4, -0.2) is 39.2 Å². The van der Waals surface area contributed by atoms with Gasteiger partial charge in [0.15, 0.2) is 9.84 Å². The number of carbonyl (C=O) groups is 1. The molecule has 0 atom stereocenters. The number of carbonyl (C=O) groups excluding carboxylic acids is 1. The standard InChI is InChI=1S/C21H35N3O3S/c1-20(2,3)11-12-23-18-13-16(9-10-17(18)24-14-15-7-8-15)28(26,27)21(4,5)19(25)22-6/h9-10,13,15,23-24H,7-8,11-12,14H2,1-6H3,(H,22,25). The number of anilines is 2. The molecule has 0 radical (unpaired) electrons. The van der Waals surface area contributed by atoms with Crippen molar-refractivity contribution in [3.63, 3.8) is 0 Å². The first-order chi connectivity index (χ1) is 12.9. The average Bonchev–Trinajstić information content (AvgIpc) is 3.42. The van der Waals surface area contributed by atoms with Gasteiger partial charge in [-0.2, -0.15) is 0 Å². The van der Waals surface area contributed by atoms with E-state index in [4.69, 9.17) is 0 Å². The maximum absolute atomic E-state index is 13.1. The zero-order valence-electron chi connectivity index (χ0n) is 18.0. The topological polar surface area (TPSA) is 87.3 Å². The smallest absolute Gasteiger partial charge is 0.241 e.